The Balaban J connectivity index is 0.950. The van der Waals surface area contributed by atoms with E-state index in [-0.39, 0.29) is 28.1 Å². The smallest absolute Gasteiger partial charge is 0.293 e. The first-order chi connectivity index (χ1) is 30.0. The summed E-state index contributed by atoms with van der Waals surface area (Å²) < 4.78 is 30.2. The first-order valence-corrected chi connectivity index (χ1v) is 23.2. The van der Waals surface area contributed by atoms with Crippen LogP contribution in [0.4, 0.5) is 22.9 Å². The lowest BCUT2D eigenvalue weighted by atomic mass is 9.93. The van der Waals surface area contributed by atoms with Crippen molar-refractivity contribution in [3.05, 3.63) is 154 Å². The van der Waals surface area contributed by atoms with Crippen LogP contribution >= 0.6 is 23.4 Å². The van der Waals surface area contributed by atoms with Gasteiger partial charge in [-0.1, -0.05) is 78.3 Å². The van der Waals surface area contributed by atoms with E-state index < -0.39 is 14.9 Å². The number of nitrogens with one attached hydrogen (secondary N) is 2. The van der Waals surface area contributed by atoms with Gasteiger partial charge in [-0.15, -0.1) is 11.8 Å². The third-order valence-electron chi connectivity index (χ3n) is 11.1. The number of fused-ring (bicyclic) bond motifs is 2. The fraction of sp³-hybridized carbons (Fsp3) is 0.234. The number of rotatable bonds is 16. The van der Waals surface area contributed by atoms with Crippen LogP contribution in [0.5, 0.6) is 0 Å². The topological polar surface area (TPSA) is 137 Å². The summed E-state index contributed by atoms with van der Waals surface area (Å²) in [5.74, 6) is 0.748. The molecule has 0 bridgehead atoms. The Morgan fingerprint density at radius 3 is 2.37 bits per heavy atom. The molecule has 1 unspecified atom stereocenters. The summed E-state index contributed by atoms with van der Waals surface area (Å²) in [7, 11) is -0.321. The summed E-state index contributed by atoms with van der Waals surface area (Å²) in [6, 6.07) is 40.4. The van der Waals surface area contributed by atoms with Gasteiger partial charge < -0.3 is 15.1 Å². The molecule has 0 aliphatic carbocycles. The van der Waals surface area contributed by atoms with Crippen molar-refractivity contribution < 1.29 is 13.3 Å². The van der Waals surface area contributed by atoms with Crippen molar-refractivity contribution in [1.29, 1.82) is 0 Å². The van der Waals surface area contributed by atoms with Gasteiger partial charge in [-0.2, -0.15) is 0 Å². The summed E-state index contributed by atoms with van der Waals surface area (Å²) in [6.07, 6.45) is 2.05. The maximum absolute atomic E-state index is 13.8. The SMILES string of the molecule is CN(C)CCC(CSc1ccccc1)Nc1ccc(S(=O)(=O)Nc2ncnc3cc(N4CCN(Cc5ccc6ccccc6c5-c5ccc(Cl)cc5)CC4)ccc23)cc1[N+](=O)[O-]. The van der Waals surface area contributed by atoms with E-state index in [0.29, 0.717) is 21.7 Å². The Morgan fingerprint density at radius 1 is 0.855 bits per heavy atom. The van der Waals surface area contributed by atoms with E-state index in [4.69, 9.17) is 11.6 Å². The van der Waals surface area contributed by atoms with Gasteiger partial charge in [0.05, 0.1) is 15.3 Å². The largest absolute Gasteiger partial charge is 0.376 e. The van der Waals surface area contributed by atoms with Gasteiger partial charge in [0.25, 0.3) is 15.7 Å². The van der Waals surface area contributed by atoms with Crippen molar-refractivity contribution in [3.8, 4) is 11.1 Å². The van der Waals surface area contributed by atoms with E-state index in [1.807, 2.05) is 74.8 Å². The van der Waals surface area contributed by atoms with Crippen LogP contribution in [-0.4, -0.2) is 91.7 Å². The zero-order valence-corrected chi connectivity index (χ0v) is 36.8. The number of nitro groups is 1. The second-order valence-corrected chi connectivity index (χ2v) is 18.8. The van der Waals surface area contributed by atoms with Gasteiger partial charge in [-0.25, -0.2) is 18.4 Å². The third kappa shape index (κ3) is 10.1. The van der Waals surface area contributed by atoms with Crippen LogP contribution in [0.15, 0.2) is 144 Å². The fourth-order valence-electron chi connectivity index (χ4n) is 7.82. The zero-order valence-electron chi connectivity index (χ0n) is 34.4. The van der Waals surface area contributed by atoms with E-state index in [1.54, 1.807) is 11.8 Å². The molecule has 0 radical (unpaired) electrons. The Morgan fingerprint density at radius 2 is 1.61 bits per heavy atom. The minimum atomic E-state index is -4.28. The van der Waals surface area contributed by atoms with Crippen LogP contribution in [0, 0.1) is 10.1 Å². The lowest BCUT2D eigenvalue weighted by Gasteiger charge is -2.36. The van der Waals surface area contributed by atoms with Crippen LogP contribution in [0.25, 0.3) is 32.8 Å². The van der Waals surface area contributed by atoms with Crippen molar-refractivity contribution in [2.75, 3.05) is 67.5 Å². The van der Waals surface area contributed by atoms with E-state index in [2.05, 4.69) is 83.2 Å². The van der Waals surface area contributed by atoms with E-state index >= 15 is 0 Å². The van der Waals surface area contributed by atoms with Gasteiger partial charge in [-0.05, 0) is 109 Å². The van der Waals surface area contributed by atoms with Crippen LogP contribution in [0.3, 0.4) is 0 Å². The average molecular weight is 888 g/mol. The monoisotopic (exact) mass is 886 g/mol. The predicted molar refractivity (Wildman–Crippen MR) is 253 cm³/mol. The van der Waals surface area contributed by atoms with Crippen LogP contribution < -0.4 is 14.9 Å². The molecule has 0 spiro atoms. The first kappa shape index (κ1) is 42.9. The highest BCUT2D eigenvalue weighted by Crippen LogP contribution is 2.35. The van der Waals surface area contributed by atoms with Crippen molar-refractivity contribution in [3.63, 3.8) is 0 Å². The minimum Gasteiger partial charge on any atom is -0.376 e. The van der Waals surface area contributed by atoms with Crippen molar-refractivity contribution in [2.45, 2.75) is 28.8 Å². The normalized spacial score (nSPS) is 14.0. The highest BCUT2D eigenvalue weighted by molar-refractivity contribution is 7.99. The molecule has 0 saturated carbocycles. The molecule has 318 valence electrons. The number of piperazine rings is 1. The van der Waals surface area contributed by atoms with Gasteiger partial charge >= 0.3 is 0 Å². The first-order valence-electron chi connectivity index (χ1n) is 20.4. The molecule has 2 N–H and O–H groups in total. The van der Waals surface area contributed by atoms with Gasteiger partial charge in [0, 0.05) is 71.6 Å². The van der Waals surface area contributed by atoms with E-state index in [9.17, 15) is 18.5 Å². The van der Waals surface area contributed by atoms with Crippen LogP contribution in [-0.2, 0) is 16.6 Å². The number of nitro benzene ring substituents is 1. The van der Waals surface area contributed by atoms with Crippen LogP contribution in [0.2, 0.25) is 5.02 Å². The summed E-state index contributed by atoms with van der Waals surface area (Å²) in [5, 5.41) is 19.3. The Kier molecular flexibility index (Phi) is 13.2. The maximum Gasteiger partial charge on any atom is 0.293 e. The van der Waals surface area contributed by atoms with E-state index in [1.165, 1.54) is 40.4 Å². The Labute approximate surface area is 371 Å². The molecule has 1 aliphatic heterocycles. The maximum atomic E-state index is 13.8. The molecule has 12 nitrogen and oxygen atoms in total. The van der Waals surface area contributed by atoms with Gasteiger partial charge in [-0.3, -0.25) is 19.7 Å². The lowest BCUT2D eigenvalue weighted by molar-refractivity contribution is -0.384. The summed E-state index contributed by atoms with van der Waals surface area (Å²) >= 11 is 7.91. The van der Waals surface area contributed by atoms with Crippen LogP contribution in [0.1, 0.15) is 12.0 Å². The number of sulfonamides is 1. The number of anilines is 3. The molecule has 6 aromatic carbocycles. The van der Waals surface area contributed by atoms with Crippen molar-refractivity contribution >= 4 is 77.9 Å². The Bertz CT molecular complexity index is 2810. The molecule has 0 amide bonds. The second kappa shape index (κ2) is 19.1. The molecule has 2 heterocycles. The molecular weight excluding hydrogens is 840 g/mol. The standard InChI is InChI=1S/C47H47ClN8O4S2/c1-53(2)23-22-37(31-61-39-9-4-3-5-10-39)51-43-21-19-40(29-45(43)56(57)58)62(59,60)52-47-42-20-18-38(28-44(42)49-32-50-47)55-26-24-54(25-27-55)30-35-13-12-33-8-6-7-11-41(33)46(35)34-14-16-36(48)17-15-34/h3-21,28-29,32,37,51H,22-27,30-31H2,1-2H3,(H,49,50,52). The number of halogens is 1. The molecule has 8 rings (SSSR count). The Hall–Kier alpha value is -5.77. The molecule has 1 aromatic heterocycles. The van der Waals surface area contributed by atoms with Crippen molar-refractivity contribution in [2.24, 2.45) is 0 Å². The summed E-state index contributed by atoms with van der Waals surface area (Å²) in [5.41, 5.74) is 5.10. The highest BCUT2D eigenvalue weighted by atomic mass is 35.5. The number of aromatic nitrogens is 2. The van der Waals surface area contributed by atoms with Gasteiger partial charge in [0.2, 0.25) is 0 Å². The number of nitrogens with zero attached hydrogens (tertiary/aromatic N) is 6. The number of hydrogen-bond acceptors (Lipinski definition) is 11. The molecule has 15 heteroatoms. The highest BCUT2D eigenvalue weighted by Gasteiger charge is 2.25. The fourth-order valence-corrected chi connectivity index (χ4v) is 9.99. The number of hydrogen-bond donors (Lipinski definition) is 2. The zero-order chi connectivity index (χ0) is 43.2. The minimum absolute atomic E-state index is 0.0878. The second-order valence-electron chi connectivity index (χ2n) is 15.6. The lowest BCUT2D eigenvalue weighted by Crippen LogP contribution is -2.46. The molecule has 1 saturated heterocycles. The molecule has 1 atom stereocenters. The molecule has 7 aromatic rings. The average Bonchev–Trinajstić information content (AvgIpc) is 3.28. The quantitative estimate of drug-likeness (QED) is 0.0545. The molecule has 62 heavy (non-hydrogen) atoms. The molecule has 1 fully saturated rings. The summed E-state index contributed by atoms with van der Waals surface area (Å²) in [4.78, 5) is 28.2. The van der Waals surface area contributed by atoms with E-state index in [0.717, 1.165) is 67.9 Å². The van der Waals surface area contributed by atoms with Gasteiger partial charge in [0.1, 0.15) is 12.0 Å². The number of benzene rings is 6. The van der Waals surface area contributed by atoms with Crippen molar-refractivity contribution in [1.82, 2.24) is 19.8 Å². The predicted octanol–water partition coefficient (Wildman–Crippen LogP) is 9.66. The molecule has 1 aliphatic rings. The van der Waals surface area contributed by atoms with Gasteiger partial charge in [0.15, 0.2) is 5.82 Å². The molecular formula is C47H47ClN8O4S2. The third-order valence-corrected chi connectivity index (χ3v) is 13.8. The summed E-state index contributed by atoms with van der Waals surface area (Å²) in [6.45, 7) is 4.87. The number of thioether (sulfide) groups is 1.